The zero-order chi connectivity index (χ0) is 15.8. The number of rotatable bonds is 3. The Morgan fingerprint density at radius 3 is 2.62 bits per heavy atom. The van der Waals surface area contributed by atoms with Gasteiger partial charge < -0.3 is 10.0 Å². The van der Waals surface area contributed by atoms with E-state index >= 15 is 0 Å². The smallest absolute Gasteiger partial charge is 0.445 e. The van der Waals surface area contributed by atoms with Crippen LogP contribution in [0.25, 0.3) is 0 Å². The van der Waals surface area contributed by atoms with Crippen molar-refractivity contribution in [2.24, 2.45) is 0 Å². The number of anilines is 1. The number of alkyl halides is 3. The molecule has 1 aliphatic heterocycles. The van der Waals surface area contributed by atoms with Crippen molar-refractivity contribution in [3.05, 3.63) is 5.01 Å². The maximum absolute atomic E-state index is 12.5. The highest BCUT2D eigenvalue weighted by atomic mass is 32.2. The van der Waals surface area contributed by atoms with Crippen LogP contribution in [-0.2, 0) is 20.8 Å². The maximum atomic E-state index is 12.5. The molecule has 1 atom stereocenters. The average molecular weight is 345 g/mol. The fourth-order valence-corrected chi connectivity index (χ4v) is 4.29. The van der Waals surface area contributed by atoms with E-state index in [9.17, 15) is 26.4 Å². The Bertz CT molecular complexity index is 643. The quantitative estimate of drug-likeness (QED) is 0.858. The Morgan fingerprint density at radius 2 is 2.10 bits per heavy atom. The SMILES string of the molecule is O=C(O)CC1CS(=O)(=O)CCN1c1nnc(C(F)(F)F)s1. The van der Waals surface area contributed by atoms with Crippen LogP contribution in [-0.4, -0.2) is 53.8 Å². The van der Waals surface area contributed by atoms with Gasteiger partial charge in [0, 0.05) is 6.54 Å². The van der Waals surface area contributed by atoms with Crippen LogP contribution in [0.2, 0.25) is 0 Å². The third kappa shape index (κ3) is 3.81. The van der Waals surface area contributed by atoms with E-state index < -0.39 is 45.2 Å². The lowest BCUT2D eigenvalue weighted by atomic mass is 10.2. The molecular formula is C9H10F3N3O4S2. The van der Waals surface area contributed by atoms with E-state index in [0.29, 0.717) is 0 Å². The second-order valence-corrected chi connectivity index (χ2v) is 7.63. The number of hydrogen-bond donors (Lipinski definition) is 1. The molecule has 1 fully saturated rings. The molecule has 0 spiro atoms. The van der Waals surface area contributed by atoms with Gasteiger partial charge in [-0.15, -0.1) is 10.2 Å². The highest BCUT2D eigenvalue weighted by Gasteiger charge is 2.39. The first-order valence-corrected chi connectivity index (χ1v) is 8.32. The van der Waals surface area contributed by atoms with Crippen LogP contribution in [0.1, 0.15) is 11.4 Å². The lowest BCUT2D eigenvalue weighted by molar-refractivity contribution is -0.138. The monoisotopic (exact) mass is 345 g/mol. The summed E-state index contributed by atoms with van der Waals surface area (Å²) < 4.78 is 60.6. The molecule has 1 N–H and O–H groups in total. The fourth-order valence-electron chi connectivity index (χ4n) is 1.96. The topological polar surface area (TPSA) is 100 Å². The molecule has 1 unspecified atom stereocenters. The van der Waals surface area contributed by atoms with Crippen molar-refractivity contribution in [3.8, 4) is 0 Å². The van der Waals surface area contributed by atoms with E-state index in [2.05, 4.69) is 10.2 Å². The molecule has 1 aromatic rings. The molecule has 0 aliphatic carbocycles. The molecule has 0 bridgehead atoms. The number of aliphatic carboxylic acids is 1. The molecule has 12 heteroatoms. The standard InChI is InChI=1S/C9H10F3N3O4S2/c10-9(11,12)7-13-14-8(20-7)15-1-2-21(18,19)4-5(15)3-6(16)17/h5H,1-4H2,(H,16,17). The Hall–Kier alpha value is -1.43. The summed E-state index contributed by atoms with van der Waals surface area (Å²) in [7, 11) is -3.41. The molecule has 1 aromatic heterocycles. The third-order valence-electron chi connectivity index (χ3n) is 2.84. The number of halogens is 3. The molecule has 0 radical (unpaired) electrons. The van der Waals surface area contributed by atoms with Gasteiger partial charge >= 0.3 is 12.1 Å². The first kappa shape index (κ1) is 15.9. The van der Waals surface area contributed by atoms with Crippen LogP contribution in [0.15, 0.2) is 0 Å². The largest absolute Gasteiger partial charge is 0.481 e. The van der Waals surface area contributed by atoms with Crippen molar-refractivity contribution >= 4 is 32.3 Å². The minimum absolute atomic E-state index is 0.104. The van der Waals surface area contributed by atoms with Crippen LogP contribution in [0.4, 0.5) is 18.3 Å². The van der Waals surface area contributed by atoms with E-state index in [4.69, 9.17) is 5.11 Å². The van der Waals surface area contributed by atoms with Crippen LogP contribution < -0.4 is 4.90 Å². The van der Waals surface area contributed by atoms with Crippen LogP contribution in [0.5, 0.6) is 0 Å². The van der Waals surface area contributed by atoms with E-state index in [0.717, 1.165) is 0 Å². The number of carbonyl (C=O) groups is 1. The predicted octanol–water partition coefficient (Wildman–Crippen LogP) is 0.635. The summed E-state index contributed by atoms with van der Waals surface area (Å²) >= 11 is 0.268. The maximum Gasteiger partial charge on any atom is 0.445 e. The summed E-state index contributed by atoms with van der Waals surface area (Å²) in [5, 5.41) is 13.9. The zero-order valence-electron chi connectivity index (χ0n) is 10.4. The van der Waals surface area contributed by atoms with Gasteiger partial charge in [0.25, 0.3) is 0 Å². The minimum atomic E-state index is -4.64. The average Bonchev–Trinajstić information content (AvgIpc) is 2.75. The number of nitrogens with zero attached hydrogens (tertiary/aromatic N) is 3. The Balaban J connectivity index is 2.27. The van der Waals surface area contributed by atoms with Crippen molar-refractivity contribution in [3.63, 3.8) is 0 Å². The van der Waals surface area contributed by atoms with E-state index in [1.807, 2.05) is 0 Å². The first-order valence-electron chi connectivity index (χ1n) is 5.68. The van der Waals surface area contributed by atoms with Crippen LogP contribution >= 0.6 is 11.3 Å². The molecular weight excluding hydrogens is 335 g/mol. The molecule has 1 aliphatic rings. The third-order valence-corrected chi connectivity index (χ3v) is 5.55. The van der Waals surface area contributed by atoms with E-state index in [1.165, 1.54) is 4.90 Å². The lowest BCUT2D eigenvalue weighted by Crippen LogP contribution is -2.49. The molecule has 0 aromatic carbocycles. The van der Waals surface area contributed by atoms with E-state index in [1.54, 1.807) is 0 Å². The summed E-state index contributed by atoms with van der Waals surface area (Å²) in [6.07, 6.45) is -5.14. The number of hydrogen-bond acceptors (Lipinski definition) is 7. The molecule has 118 valence electrons. The van der Waals surface area contributed by atoms with Gasteiger partial charge in [-0.25, -0.2) is 8.42 Å². The van der Waals surface area contributed by atoms with Gasteiger partial charge in [-0.1, -0.05) is 11.3 Å². The molecule has 0 saturated carbocycles. The Morgan fingerprint density at radius 1 is 1.43 bits per heavy atom. The van der Waals surface area contributed by atoms with Crippen LogP contribution in [0, 0.1) is 0 Å². The summed E-state index contributed by atoms with van der Waals surface area (Å²) in [6.45, 7) is -0.104. The molecule has 21 heavy (non-hydrogen) atoms. The van der Waals surface area contributed by atoms with Gasteiger partial charge in [-0.3, -0.25) is 4.79 Å². The minimum Gasteiger partial charge on any atom is -0.481 e. The van der Waals surface area contributed by atoms with Crippen molar-refractivity contribution in [1.29, 1.82) is 0 Å². The second-order valence-electron chi connectivity index (χ2n) is 4.45. The van der Waals surface area contributed by atoms with Crippen molar-refractivity contribution in [2.75, 3.05) is 23.0 Å². The van der Waals surface area contributed by atoms with Gasteiger partial charge in [0.05, 0.1) is 24.0 Å². The van der Waals surface area contributed by atoms with Gasteiger partial charge in [-0.2, -0.15) is 13.2 Å². The highest BCUT2D eigenvalue weighted by molar-refractivity contribution is 7.91. The van der Waals surface area contributed by atoms with Crippen molar-refractivity contribution < 1.29 is 31.5 Å². The normalized spacial score (nSPS) is 22.2. The molecule has 1 saturated heterocycles. The summed E-state index contributed by atoms with van der Waals surface area (Å²) in [5.74, 6) is -1.92. The molecule has 2 heterocycles. The molecule has 2 rings (SSSR count). The number of carboxylic acid groups (broad SMARTS) is 1. The summed E-state index contributed by atoms with van der Waals surface area (Å²) in [6, 6.07) is -0.949. The van der Waals surface area contributed by atoms with Crippen LogP contribution in [0.3, 0.4) is 0 Å². The number of carboxylic acids is 1. The van der Waals surface area contributed by atoms with Gasteiger partial charge in [0.2, 0.25) is 10.1 Å². The Kier molecular flexibility index (Phi) is 4.10. The van der Waals surface area contributed by atoms with Gasteiger partial charge in [0.15, 0.2) is 9.84 Å². The summed E-state index contributed by atoms with van der Waals surface area (Å²) in [5.41, 5.74) is 0. The molecule has 0 amide bonds. The molecule has 7 nitrogen and oxygen atoms in total. The summed E-state index contributed by atoms with van der Waals surface area (Å²) in [4.78, 5) is 12.1. The zero-order valence-corrected chi connectivity index (χ0v) is 12.0. The fraction of sp³-hybridized carbons (Fsp3) is 0.667. The predicted molar refractivity (Wildman–Crippen MR) is 67.0 cm³/mol. The second kappa shape index (κ2) is 5.40. The van der Waals surface area contributed by atoms with Gasteiger partial charge in [0.1, 0.15) is 0 Å². The highest BCUT2D eigenvalue weighted by Crippen LogP contribution is 2.35. The number of sulfone groups is 1. The lowest BCUT2D eigenvalue weighted by Gasteiger charge is -2.33. The first-order chi connectivity index (χ1) is 9.58. The number of aromatic nitrogens is 2. The van der Waals surface area contributed by atoms with E-state index in [-0.39, 0.29) is 28.8 Å². The van der Waals surface area contributed by atoms with Crippen molar-refractivity contribution in [1.82, 2.24) is 10.2 Å². The Labute approximate surface area is 121 Å². The van der Waals surface area contributed by atoms with Gasteiger partial charge in [-0.05, 0) is 0 Å². The van der Waals surface area contributed by atoms with Crippen molar-refractivity contribution in [2.45, 2.75) is 18.6 Å².